The Balaban J connectivity index is 4.36. The second-order valence-electron chi connectivity index (χ2n) is 3.73. The summed E-state index contributed by atoms with van der Waals surface area (Å²) in [5.41, 5.74) is 0.0413. The normalized spacial score (nSPS) is 14.2. The summed E-state index contributed by atoms with van der Waals surface area (Å²) in [4.78, 5) is 13.0. The Kier molecular flexibility index (Phi) is 7.45. The fourth-order valence-corrected chi connectivity index (χ4v) is 1.33. The predicted molar refractivity (Wildman–Crippen MR) is 65.7 cm³/mol. The van der Waals surface area contributed by atoms with Gasteiger partial charge in [-0.05, 0) is 7.05 Å². The average Bonchev–Trinajstić information content (AvgIpc) is 2.33. The molecule has 5 heteroatoms. The van der Waals surface area contributed by atoms with Crippen molar-refractivity contribution in [3.05, 3.63) is 24.8 Å². The van der Waals surface area contributed by atoms with Crippen LogP contribution < -0.4 is 0 Å². The highest BCUT2D eigenvalue weighted by atomic mass is 16.5. The molecule has 0 aromatic carbocycles. The van der Waals surface area contributed by atoms with Crippen molar-refractivity contribution >= 4 is 5.97 Å². The van der Waals surface area contributed by atoms with E-state index in [-0.39, 0.29) is 18.2 Å². The molecular formula is C12H21NO4. The van der Waals surface area contributed by atoms with E-state index in [1.807, 2.05) is 4.90 Å². The second-order valence-corrected chi connectivity index (χ2v) is 3.73. The molecule has 0 radical (unpaired) electrons. The lowest BCUT2D eigenvalue weighted by Crippen LogP contribution is -2.40. The van der Waals surface area contributed by atoms with Crippen LogP contribution in [0.25, 0.3) is 0 Å². The third-order valence-corrected chi connectivity index (χ3v) is 2.49. The molecule has 0 spiro atoms. The Bertz CT molecular complexity index is 278. The fourth-order valence-electron chi connectivity index (χ4n) is 1.33. The van der Waals surface area contributed by atoms with Crippen molar-refractivity contribution in [2.24, 2.45) is 0 Å². The molecule has 0 aliphatic carbocycles. The van der Waals surface area contributed by atoms with Gasteiger partial charge in [0.1, 0.15) is 0 Å². The summed E-state index contributed by atoms with van der Waals surface area (Å²) in [6, 6.07) is -0.0277. The molecule has 0 heterocycles. The van der Waals surface area contributed by atoms with Crippen molar-refractivity contribution in [2.45, 2.75) is 12.1 Å². The van der Waals surface area contributed by atoms with Crippen LogP contribution in [-0.2, 0) is 14.3 Å². The van der Waals surface area contributed by atoms with Crippen LogP contribution in [-0.4, -0.2) is 62.5 Å². The number of esters is 1. The Morgan fingerprint density at radius 1 is 1.53 bits per heavy atom. The molecule has 0 bridgehead atoms. The van der Waals surface area contributed by atoms with Gasteiger partial charge < -0.3 is 14.6 Å². The van der Waals surface area contributed by atoms with Crippen LogP contribution in [0.4, 0.5) is 0 Å². The van der Waals surface area contributed by atoms with Crippen LogP contribution in [0.15, 0.2) is 24.8 Å². The van der Waals surface area contributed by atoms with E-state index >= 15 is 0 Å². The SMILES string of the molecule is C=C[C@@H](COC)N(C)CC(O)C(=C)C(=O)OC. The smallest absolute Gasteiger partial charge is 0.335 e. The lowest BCUT2D eigenvalue weighted by molar-refractivity contribution is -0.137. The predicted octanol–water partition coefficient (Wildman–Crippen LogP) is 0.209. The van der Waals surface area contributed by atoms with E-state index in [9.17, 15) is 9.90 Å². The van der Waals surface area contributed by atoms with Gasteiger partial charge in [0.05, 0.1) is 31.4 Å². The molecule has 1 unspecified atom stereocenters. The first-order valence-corrected chi connectivity index (χ1v) is 5.24. The molecule has 2 atom stereocenters. The Morgan fingerprint density at radius 2 is 2.12 bits per heavy atom. The molecule has 0 aliphatic rings. The quantitative estimate of drug-likeness (QED) is 0.375. The topological polar surface area (TPSA) is 59.0 Å². The van der Waals surface area contributed by atoms with E-state index in [1.165, 1.54) is 7.11 Å². The monoisotopic (exact) mass is 243 g/mol. The number of aliphatic hydroxyl groups is 1. The number of hydrogen-bond donors (Lipinski definition) is 1. The van der Waals surface area contributed by atoms with Crippen LogP contribution >= 0.6 is 0 Å². The number of aliphatic hydroxyl groups excluding tert-OH is 1. The summed E-state index contributed by atoms with van der Waals surface area (Å²) in [7, 11) is 4.65. The van der Waals surface area contributed by atoms with Gasteiger partial charge in [-0.25, -0.2) is 4.79 Å². The molecule has 98 valence electrons. The van der Waals surface area contributed by atoms with Gasteiger partial charge in [0.2, 0.25) is 0 Å². The van der Waals surface area contributed by atoms with Gasteiger partial charge in [0.25, 0.3) is 0 Å². The molecule has 0 saturated heterocycles. The number of rotatable bonds is 8. The maximum Gasteiger partial charge on any atom is 0.335 e. The summed E-state index contributed by atoms with van der Waals surface area (Å²) in [5.74, 6) is -0.604. The van der Waals surface area contributed by atoms with Gasteiger partial charge in [-0.2, -0.15) is 0 Å². The first-order chi connectivity index (χ1) is 7.97. The van der Waals surface area contributed by atoms with Gasteiger partial charge in [-0.1, -0.05) is 12.7 Å². The van der Waals surface area contributed by atoms with Crippen LogP contribution in [0.1, 0.15) is 0 Å². The Hall–Kier alpha value is -1.17. The molecule has 0 fully saturated rings. The minimum absolute atomic E-state index is 0.0277. The third kappa shape index (κ3) is 5.12. The molecule has 17 heavy (non-hydrogen) atoms. The van der Waals surface area contributed by atoms with Gasteiger partial charge in [0, 0.05) is 13.7 Å². The zero-order valence-corrected chi connectivity index (χ0v) is 10.7. The zero-order chi connectivity index (χ0) is 13.4. The van der Waals surface area contributed by atoms with Gasteiger partial charge in [0.15, 0.2) is 0 Å². The zero-order valence-electron chi connectivity index (χ0n) is 10.7. The standard InChI is InChI=1S/C12H21NO4/c1-6-10(8-16-4)13(3)7-11(14)9(2)12(15)17-5/h6,10-11,14H,1-2,7-8H2,3-5H3/t10-,11?/m0/s1. The van der Waals surface area contributed by atoms with E-state index < -0.39 is 12.1 Å². The molecule has 0 amide bonds. The maximum atomic E-state index is 11.2. The molecule has 0 aromatic heterocycles. The van der Waals surface area contributed by atoms with Crippen LogP contribution in [0, 0.1) is 0 Å². The van der Waals surface area contributed by atoms with Crippen molar-refractivity contribution in [1.29, 1.82) is 0 Å². The van der Waals surface area contributed by atoms with Crippen LogP contribution in [0.2, 0.25) is 0 Å². The summed E-state index contributed by atoms with van der Waals surface area (Å²) >= 11 is 0. The summed E-state index contributed by atoms with van der Waals surface area (Å²) in [6.07, 6.45) is 0.753. The summed E-state index contributed by atoms with van der Waals surface area (Å²) < 4.78 is 9.51. The first-order valence-electron chi connectivity index (χ1n) is 5.24. The largest absolute Gasteiger partial charge is 0.466 e. The molecular weight excluding hydrogens is 222 g/mol. The van der Waals surface area contributed by atoms with Crippen molar-refractivity contribution < 1.29 is 19.4 Å². The van der Waals surface area contributed by atoms with Gasteiger partial charge in [-0.15, -0.1) is 6.58 Å². The van der Waals surface area contributed by atoms with Crippen molar-refractivity contribution in [2.75, 3.05) is 34.4 Å². The lowest BCUT2D eigenvalue weighted by Gasteiger charge is -2.27. The highest BCUT2D eigenvalue weighted by Crippen LogP contribution is 2.07. The molecule has 0 saturated carbocycles. The number of ether oxygens (including phenoxy) is 2. The Labute approximate surface area is 102 Å². The second kappa shape index (κ2) is 8.00. The molecule has 0 rings (SSSR count). The van der Waals surface area contributed by atoms with E-state index in [2.05, 4.69) is 17.9 Å². The van der Waals surface area contributed by atoms with E-state index in [0.29, 0.717) is 6.61 Å². The number of hydrogen-bond acceptors (Lipinski definition) is 5. The number of carbonyl (C=O) groups is 1. The van der Waals surface area contributed by atoms with Crippen molar-refractivity contribution in [3.8, 4) is 0 Å². The number of carbonyl (C=O) groups excluding carboxylic acids is 1. The summed E-state index contributed by atoms with van der Waals surface area (Å²) in [6.45, 7) is 7.92. The van der Waals surface area contributed by atoms with E-state index in [1.54, 1.807) is 20.2 Å². The maximum absolute atomic E-state index is 11.2. The molecule has 5 nitrogen and oxygen atoms in total. The number of likely N-dealkylation sites (N-methyl/N-ethyl adjacent to an activating group) is 1. The highest BCUT2D eigenvalue weighted by Gasteiger charge is 2.21. The van der Waals surface area contributed by atoms with Crippen LogP contribution in [0.3, 0.4) is 0 Å². The molecule has 0 aliphatic heterocycles. The minimum Gasteiger partial charge on any atom is -0.466 e. The average molecular weight is 243 g/mol. The Morgan fingerprint density at radius 3 is 2.53 bits per heavy atom. The van der Waals surface area contributed by atoms with Gasteiger partial charge >= 0.3 is 5.97 Å². The van der Waals surface area contributed by atoms with E-state index in [0.717, 1.165) is 0 Å². The fraction of sp³-hybridized carbons (Fsp3) is 0.583. The van der Waals surface area contributed by atoms with E-state index in [4.69, 9.17) is 4.74 Å². The van der Waals surface area contributed by atoms with Crippen molar-refractivity contribution in [1.82, 2.24) is 4.90 Å². The minimum atomic E-state index is -0.966. The first kappa shape index (κ1) is 15.8. The van der Waals surface area contributed by atoms with Crippen LogP contribution in [0.5, 0.6) is 0 Å². The van der Waals surface area contributed by atoms with Crippen molar-refractivity contribution in [3.63, 3.8) is 0 Å². The summed E-state index contributed by atoms with van der Waals surface area (Å²) in [5, 5.41) is 9.79. The lowest BCUT2D eigenvalue weighted by atomic mass is 10.1. The van der Waals surface area contributed by atoms with Gasteiger partial charge in [-0.3, -0.25) is 4.90 Å². The molecule has 1 N–H and O–H groups in total. The number of methoxy groups -OCH3 is 2. The third-order valence-electron chi connectivity index (χ3n) is 2.49. The molecule has 0 aromatic rings. The number of nitrogens with zero attached hydrogens (tertiary/aromatic N) is 1. The highest BCUT2D eigenvalue weighted by molar-refractivity contribution is 5.88.